The molecule has 1 amide bonds. The van der Waals surface area contributed by atoms with E-state index in [9.17, 15) is 9.59 Å². The summed E-state index contributed by atoms with van der Waals surface area (Å²) in [7, 11) is 0. The highest BCUT2D eigenvalue weighted by Gasteiger charge is 2.17. The van der Waals surface area contributed by atoms with Crippen LogP contribution >= 0.6 is 0 Å². The lowest BCUT2D eigenvalue weighted by atomic mass is 10.1. The Hall–Kier alpha value is -1.68. The number of hydrogen-bond acceptors (Lipinski definition) is 3. The molecule has 102 valence electrons. The third-order valence-electron chi connectivity index (χ3n) is 3.30. The second kappa shape index (κ2) is 6.48. The first-order chi connectivity index (χ1) is 9.16. The average Bonchev–Trinajstić information content (AvgIpc) is 2.90. The average molecular weight is 261 g/mol. The van der Waals surface area contributed by atoms with Crippen molar-refractivity contribution in [3.8, 4) is 0 Å². The van der Waals surface area contributed by atoms with Gasteiger partial charge in [-0.05, 0) is 38.3 Å². The number of anilines is 1. The fourth-order valence-electron chi connectivity index (χ4n) is 2.28. The number of hydrogen-bond donors (Lipinski definition) is 1. The molecule has 4 heteroatoms. The number of ketones is 1. The Balaban J connectivity index is 1.89. The number of ether oxygens (including phenoxy) is 1. The van der Waals surface area contributed by atoms with Crippen LogP contribution in [-0.2, 0) is 9.53 Å². The van der Waals surface area contributed by atoms with Crippen molar-refractivity contribution in [2.45, 2.75) is 38.7 Å². The summed E-state index contributed by atoms with van der Waals surface area (Å²) in [5.74, 6) is -0.112. The maximum absolute atomic E-state index is 11.9. The van der Waals surface area contributed by atoms with E-state index >= 15 is 0 Å². The first kappa shape index (κ1) is 13.7. The maximum atomic E-state index is 11.9. The summed E-state index contributed by atoms with van der Waals surface area (Å²) in [6.07, 6.45) is 3.51. The molecule has 4 nitrogen and oxygen atoms in total. The van der Waals surface area contributed by atoms with Crippen LogP contribution in [0, 0.1) is 0 Å². The second-order valence-corrected chi connectivity index (χ2v) is 4.82. The van der Waals surface area contributed by atoms with Gasteiger partial charge in [-0.2, -0.15) is 0 Å². The topological polar surface area (TPSA) is 55.4 Å². The van der Waals surface area contributed by atoms with Crippen molar-refractivity contribution in [1.82, 2.24) is 0 Å². The van der Waals surface area contributed by atoms with Crippen molar-refractivity contribution < 1.29 is 14.3 Å². The molecule has 1 saturated heterocycles. The van der Waals surface area contributed by atoms with Gasteiger partial charge in [0.15, 0.2) is 5.78 Å². The van der Waals surface area contributed by atoms with Gasteiger partial charge in [0.1, 0.15) is 0 Å². The summed E-state index contributed by atoms with van der Waals surface area (Å²) in [5, 5.41) is 2.80. The Morgan fingerprint density at radius 2 is 2.16 bits per heavy atom. The lowest BCUT2D eigenvalue weighted by Crippen LogP contribution is -2.16. The van der Waals surface area contributed by atoms with E-state index in [2.05, 4.69) is 5.32 Å². The third-order valence-corrected chi connectivity index (χ3v) is 3.30. The molecule has 1 fully saturated rings. The molecule has 0 aliphatic carbocycles. The van der Waals surface area contributed by atoms with Crippen LogP contribution in [-0.4, -0.2) is 24.4 Å². The SMILES string of the molecule is CC(=O)c1ccccc1NC(=O)CC[C@@H]1CCCO1. The second-order valence-electron chi connectivity index (χ2n) is 4.82. The van der Waals surface area contributed by atoms with E-state index in [4.69, 9.17) is 4.74 Å². The summed E-state index contributed by atoms with van der Waals surface area (Å²) in [4.78, 5) is 23.3. The molecular formula is C15H19NO3. The summed E-state index contributed by atoms with van der Waals surface area (Å²) in [6.45, 7) is 2.30. The van der Waals surface area contributed by atoms with E-state index in [-0.39, 0.29) is 17.8 Å². The fourth-order valence-corrected chi connectivity index (χ4v) is 2.28. The number of nitrogens with one attached hydrogen (secondary N) is 1. The predicted octanol–water partition coefficient (Wildman–Crippen LogP) is 2.79. The molecule has 0 saturated carbocycles. The molecule has 1 aromatic rings. The van der Waals surface area contributed by atoms with E-state index in [1.807, 2.05) is 6.07 Å². The van der Waals surface area contributed by atoms with Gasteiger partial charge in [-0.3, -0.25) is 9.59 Å². The summed E-state index contributed by atoms with van der Waals surface area (Å²) >= 11 is 0. The van der Waals surface area contributed by atoms with Crippen molar-refractivity contribution in [1.29, 1.82) is 0 Å². The molecule has 0 unspecified atom stereocenters. The minimum atomic E-state index is -0.0656. The third kappa shape index (κ3) is 3.89. The van der Waals surface area contributed by atoms with Crippen molar-refractivity contribution in [2.24, 2.45) is 0 Å². The highest BCUT2D eigenvalue weighted by Crippen LogP contribution is 2.19. The number of rotatable bonds is 5. The first-order valence-corrected chi connectivity index (χ1v) is 6.68. The predicted molar refractivity (Wildman–Crippen MR) is 73.3 cm³/mol. The van der Waals surface area contributed by atoms with Crippen LogP contribution < -0.4 is 5.32 Å². The Labute approximate surface area is 113 Å². The number of Topliss-reactive ketones (excluding diaryl/α,β-unsaturated/α-hetero) is 1. The van der Waals surface area contributed by atoms with Gasteiger partial charge in [0.25, 0.3) is 0 Å². The number of para-hydroxylation sites is 1. The van der Waals surface area contributed by atoms with Crippen LogP contribution in [0.15, 0.2) is 24.3 Å². The van der Waals surface area contributed by atoms with Gasteiger partial charge in [-0.15, -0.1) is 0 Å². The van der Waals surface area contributed by atoms with Crippen molar-refractivity contribution in [3.05, 3.63) is 29.8 Å². The molecule has 0 spiro atoms. The lowest BCUT2D eigenvalue weighted by Gasteiger charge is -2.11. The van der Waals surface area contributed by atoms with Crippen molar-refractivity contribution in [3.63, 3.8) is 0 Å². The highest BCUT2D eigenvalue weighted by atomic mass is 16.5. The number of amides is 1. The zero-order valence-corrected chi connectivity index (χ0v) is 11.1. The van der Waals surface area contributed by atoms with Gasteiger partial charge in [0, 0.05) is 18.6 Å². The smallest absolute Gasteiger partial charge is 0.224 e. The van der Waals surface area contributed by atoms with Gasteiger partial charge in [-0.25, -0.2) is 0 Å². The summed E-state index contributed by atoms with van der Waals surface area (Å²) < 4.78 is 5.48. The summed E-state index contributed by atoms with van der Waals surface area (Å²) in [6, 6.07) is 7.07. The fraction of sp³-hybridized carbons (Fsp3) is 0.467. The van der Waals surface area contributed by atoms with Gasteiger partial charge < -0.3 is 10.1 Å². The van der Waals surface area contributed by atoms with E-state index in [1.54, 1.807) is 18.2 Å². The Kier molecular flexibility index (Phi) is 4.68. The van der Waals surface area contributed by atoms with E-state index in [1.165, 1.54) is 6.92 Å². The van der Waals surface area contributed by atoms with E-state index in [0.29, 0.717) is 17.7 Å². The van der Waals surface area contributed by atoms with Crippen molar-refractivity contribution >= 4 is 17.4 Å². The minimum Gasteiger partial charge on any atom is -0.378 e. The van der Waals surface area contributed by atoms with Gasteiger partial charge in [-0.1, -0.05) is 12.1 Å². The largest absolute Gasteiger partial charge is 0.378 e. The molecule has 1 aliphatic rings. The molecule has 1 aromatic carbocycles. The molecule has 1 aliphatic heterocycles. The highest BCUT2D eigenvalue weighted by molar-refractivity contribution is 6.03. The zero-order chi connectivity index (χ0) is 13.7. The molecular weight excluding hydrogens is 242 g/mol. The van der Waals surface area contributed by atoms with Crippen LogP contribution in [0.3, 0.4) is 0 Å². The van der Waals surface area contributed by atoms with Gasteiger partial charge >= 0.3 is 0 Å². The first-order valence-electron chi connectivity index (χ1n) is 6.68. The van der Waals surface area contributed by atoms with Crippen LogP contribution in [0.2, 0.25) is 0 Å². The normalized spacial score (nSPS) is 18.3. The lowest BCUT2D eigenvalue weighted by molar-refractivity contribution is -0.116. The minimum absolute atomic E-state index is 0.0463. The molecule has 1 atom stereocenters. The Morgan fingerprint density at radius 3 is 2.84 bits per heavy atom. The molecule has 0 aromatic heterocycles. The quantitative estimate of drug-likeness (QED) is 0.829. The number of carbonyl (C=O) groups excluding carboxylic acids is 2. The van der Waals surface area contributed by atoms with E-state index < -0.39 is 0 Å². The van der Waals surface area contributed by atoms with Crippen LogP contribution in [0.5, 0.6) is 0 Å². The molecule has 1 heterocycles. The monoisotopic (exact) mass is 261 g/mol. The summed E-state index contributed by atoms with van der Waals surface area (Å²) in [5.41, 5.74) is 1.14. The van der Waals surface area contributed by atoms with Crippen LogP contribution in [0.25, 0.3) is 0 Å². The Bertz CT molecular complexity index is 464. The maximum Gasteiger partial charge on any atom is 0.224 e. The van der Waals surface area contributed by atoms with Gasteiger partial charge in [0.05, 0.1) is 11.8 Å². The standard InChI is InChI=1S/C15H19NO3/c1-11(17)13-6-2-3-7-14(13)16-15(18)9-8-12-5-4-10-19-12/h2-3,6-7,12H,4-5,8-10H2,1H3,(H,16,18)/t12-/m0/s1. The molecule has 19 heavy (non-hydrogen) atoms. The molecule has 0 bridgehead atoms. The number of benzene rings is 1. The molecule has 1 N–H and O–H groups in total. The van der Waals surface area contributed by atoms with Crippen LogP contribution in [0.1, 0.15) is 43.0 Å². The van der Waals surface area contributed by atoms with E-state index in [0.717, 1.165) is 25.9 Å². The molecule has 2 rings (SSSR count). The van der Waals surface area contributed by atoms with Gasteiger partial charge in [0.2, 0.25) is 5.91 Å². The van der Waals surface area contributed by atoms with Crippen molar-refractivity contribution in [2.75, 3.05) is 11.9 Å². The Morgan fingerprint density at radius 1 is 1.37 bits per heavy atom. The van der Waals surface area contributed by atoms with Crippen LogP contribution in [0.4, 0.5) is 5.69 Å². The zero-order valence-electron chi connectivity index (χ0n) is 11.1. The number of carbonyl (C=O) groups is 2. The molecule has 0 radical (unpaired) electrons.